The van der Waals surface area contributed by atoms with Crippen LogP contribution in [0.5, 0.6) is 17.2 Å². The van der Waals surface area contributed by atoms with Gasteiger partial charge in [-0.2, -0.15) is 0 Å². The molecular weight excluding hydrogens is 210 g/mol. The zero-order valence-electron chi connectivity index (χ0n) is 8.94. The molecule has 5 heteroatoms. The molecule has 0 unspecified atom stereocenters. The Kier molecular flexibility index (Phi) is 3.48. The number of hydrogen-bond acceptors (Lipinski definition) is 5. The van der Waals surface area contributed by atoms with Crippen LogP contribution in [0.15, 0.2) is 12.1 Å². The van der Waals surface area contributed by atoms with Gasteiger partial charge in [-0.3, -0.25) is 0 Å². The molecule has 0 saturated heterocycles. The van der Waals surface area contributed by atoms with Crippen molar-refractivity contribution in [2.24, 2.45) is 5.73 Å². The van der Waals surface area contributed by atoms with E-state index in [0.29, 0.717) is 36.8 Å². The van der Waals surface area contributed by atoms with Gasteiger partial charge in [-0.1, -0.05) is 0 Å². The number of aliphatic hydroxyl groups is 1. The standard InChI is InChI=1S/C11H15NO4/c12-6-8-4-10-11(16-7-15-10)5-9(8)14-3-1-2-13/h4-5,13H,1-3,6-7,12H2. The highest BCUT2D eigenvalue weighted by molar-refractivity contribution is 5.51. The summed E-state index contributed by atoms with van der Waals surface area (Å²) in [6.07, 6.45) is 0.596. The molecular formula is C11H15NO4. The topological polar surface area (TPSA) is 73.9 Å². The second-order valence-corrected chi connectivity index (χ2v) is 3.44. The molecule has 0 aliphatic carbocycles. The zero-order chi connectivity index (χ0) is 11.4. The van der Waals surface area contributed by atoms with Crippen molar-refractivity contribution in [3.8, 4) is 17.2 Å². The van der Waals surface area contributed by atoms with E-state index in [1.165, 1.54) is 0 Å². The zero-order valence-corrected chi connectivity index (χ0v) is 8.94. The van der Waals surface area contributed by atoms with Crippen molar-refractivity contribution >= 4 is 0 Å². The Hall–Kier alpha value is -1.46. The first-order valence-corrected chi connectivity index (χ1v) is 5.21. The molecule has 88 valence electrons. The molecule has 1 aromatic rings. The summed E-state index contributed by atoms with van der Waals surface area (Å²) in [5, 5.41) is 8.68. The van der Waals surface area contributed by atoms with E-state index in [9.17, 15) is 0 Å². The van der Waals surface area contributed by atoms with Crippen LogP contribution < -0.4 is 19.9 Å². The van der Waals surface area contributed by atoms with E-state index in [0.717, 1.165) is 5.56 Å². The predicted octanol–water partition coefficient (Wildman–Crippen LogP) is 0.635. The van der Waals surface area contributed by atoms with Gasteiger partial charge >= 0.3 is 0 Å². The molecule has 0 aromatic heterocycles. The Bertz CT molecular complexity index is 367. The van der Waals surface area contributed by atoms with E-state index in [4.69, 9.17) is 25.1 Å². The molecule has 0 radical (unpaired) electrons. The average Bonchev–Trinajstić information content (AvgIpc) is 2.75. The van der Waals surface area contributed by atoms with Crippen molar-refractivity contribution in [2.75, 3.05) is 20.0 Å². The second-order valence-electron chi connectivity index (χ2n) is 3.44. The first-order valence-electron chi connectivity index (χ1n) is 5.21. The van der Waals surface area contributed by atoms with Gasteiger partial charge < -0.3 is 25.1 Å². The van der Waals surface area contributed by atoms with Crippen LogP contribution in [0.1, 0.15) is 12.0 Å². The molecule has 0 atom stereocenters. The minimum atomic E-state index is 0.114. The fourth-order valence-electron chi connectivity index (χ4n) is 1.51. The van der Waals surface area contributed by atoms with Gasteiger partial charge in [-0.25, -0.2) is 0 Å². The Morgan fingerprint density at radius 1 is 1.31 bits per heavy atom. The molecule has 1 heterocycles. The molecule has 0 bridgehead atoms. The predicted molar refractivity (Wildman–Crippen MR) is 57.7 cm³/mol. The van der Waals surface area contributed by atoms with Gasteiger partial charge in [0.25, 0.3) is 0 Å². The number of benzene rings is 1. The minimum Gasteiger partial charge on any atom is -0.493 e. The van der Waals surface area contributed by atoms with Gasteiger partial charge in [0.15, 0.2) is 11.5 Å². The number of aliphatic hydroxyl groups excluding tert-OH is 1. The van der Waals surface area contributed by atoms with E-state index in [-0.39, 0.29) is 13.4 Å². The van der Waals surface area contributed by atoms with Crippen LogP contribution in [0.4, 0.5) is 0 Å². The van der Waals surface area contributed by atoms with Crippen molar-refractivity contribution < 1.29 is 19.3 Å². The number of hydrogen-bond donors (Lipinski definition) is 2. The highest BCUT2D eigenvalue weighted by Crippen LogP contribution is 2.37. The van der Waals surface area contributed by atoms with Gasteiger partial charge in [0.2, 0.25) is 6.79 Å². The van der Waals surface area contributed by atoms with Crippen molar-refractivity contribution in [3.63, 3.8) is 0 Å². The Balaban J connectivity index is 2.15. The first kappa shape index (κ1) is 11.0. The lowest BCUT2D eigenvalue weighted by atomic mass is 10.2. The van der Waals surface area contributed by atoms with Crippen molar-refractivity contribution in [1.29, 1.82) is 0 Å². The second kappa shape index (κ2) is 5.05. The lowest BCUT2D eigenvalue weighted by Gasteiger charge is -2.10. The molecule has 0 spiro atoms. The van der Waals surface area contributed by atoms with Gasteiger partial charge in [0, 0.05) is 31.2 Å². The van der Waals surface area contributed by atoms with Gasteiger partial charge in [0.05, 0.1) is 6.61 Å². The SMILES string of the molecule is NCc1cc2c(cc1OCCCO)OCO2. The summed E-state index contributed by atoms with van der Waals surface area (Å²) in [5.74, 6) is 2.08. The minimum absolute atomic E-state index is 0.114. The summed E-state index contributed by atoms with van der Waals surface area (Å²) in [6, 6.07) is 3.61. The summed E-state index contributed by atoms with van der Waals surface area (Å²) >= 11 is 0. The summed E-state index contributed by atoms with van der Waals surface area (Å²) < 4.78 is 16.0. The highest BCUT2D eigenvalue weighted by atomic mass is 16.7. The third-order valence-corrected chi connectivity index (χ3v) is 2.34. The summed E-state index contributed by atoms with van der Waals surface area (Å²) in [5.41, 5.74) is 6.50. The lowest BCUT2D eigenvalue weighted by Crippen LogP contribution is -2.05. The van der Waals surface area contributed by atoms with Gasteiger partial charge in [-0.05, 0) is 6.07 Å². The molecule has 16 heavy (non-hydrogen) atoms. The Morgan fingerprint density at radius 3 is 2.75 bits per heavy atom. The van der Waals surface area contributed by atoms with E-state index in [1.54, 1.807) is 6.07 Å². The summed E-state index contributed by atoms with van der Waals surface area (Å²) in [7, 11) is 0. The number of fused-ring (bicyclic) bond motifs is 1. The first-order chi connectivity index (χ1) is 7.85. The molecule has 2 rings (SSSR count). The maximum atomic E-state index is 8.68. The van der Waals surface area contributed by atoms with E-state index < -0.39 is 0 Å². The average molecular weight is 225 g/mol. The van der Waals surface area contributed by atoms with E-state index >= 15 is 0 Å². The van der Waals surface area contributed by atoms with Crippen LogP contribution >= 0.6 is 0 Å². The maximum absolute atomic E-state index is 8.68. The number of nitrogens with two attached hydrogens (primary N) is 1. The van der Waals surface area contributed by atoms with Crippen LogP contribution in [0.3, 0.4) is 0 Å². The summed E-state index contributed by atoms with van der Waals surface area (Å²) in [4.78, 5) is 0. The third kappa shape index (κ3) is 2.20. The van der Waals surface area contributed by atoms with Gasteiger partial charge in [-0.15, -0.1) is 0 Å². The molecule has 0 saturated carbocycles. The fraction of sp³-hybridized carbons (Fsp3) is 0.455. The molecule has 1 aromatic carbocycles. The maximum Gasteiger partial charge on any atom is 0.231 e. The molecule has 5 nitrogen and oxygen atoms in total. The summed E-state index contributed by atoms with van der Waals surface area (Å²) in [6.45, 7) is 1.19. The normalized spacial score (nSPS) is 12.9. The van der Waals surface area contributed by atoms with Crippen molar-refractivity contribution in [1.82, 2.24) is 0 Å². The van der Waals surface area contributed by atoms with Crippen LogP contribution in [0.2, 0.25) is 0 Å². The van der Waals surface area contributed by atoms with E-state index in [1.807, 2.05) is 6.07 Å². The van der Waals surface area contributed by atoms with Gasteiger partial charge in [0.1, 0.15) is 5.75 Å². The molecule has 1 aliphatic heterocycles. The van der Waals surface area contributed by atoms with Crippen molar-refractivity contribution in [3.05, 3.63) is 17.7 Å². The fourth-order valence-corrected chi connectivity index (χ4v) is 1.51. The smallest absolute Gasteiger partial charge is 0.231 e. The molecule has 0 amide bonds. The Labute approximate surface area is 93.7 Å². The molecule has 1 aliphatic rings. The monoisotopic (exact) mass is 225 g/mol. The lowest BCUT2D eigenvalue weighted by molar-refractivity contribution is 0.173. The van der Waals surface area contributed by atoms with Crippen molar-refractivity contribution in [2.45, 2.75) is 13.0 Å². The third-order valence-electron chi connectivity index (χ3n) is 2.34. The van der Waals surface area contributed by atoms with Crippen LogP contribution in [-0.4, -0.2) is 25.1 Å². The highest BCUT2D eigenvalue weighted by Gasteiger charge is 2.17. The quantitative estimate of drug-likeness (QED) is 0.719. The van der Waals surface area contributed by atoms with Crippen LogP contribution in [-0.2, 0) is 6.54 Å². The molecule has 0 fully saturated rings. The van der Waals surface area contributed by atoms with Crippen LogP contribution in [0, 0.1) is 0 Å². The van der Waals surface area contributed by atoms with Crippen LogP contribution in [0.25, 0.3) is 0 Å². The molecule has 3 N–H and O–H groups in total. The van der Waals surface area contributed by atoms with E-state index in [2.05, 4.69) is 0 Å². The Morgan fingerprint density at radius 2 is 2.06 bits per heavy atom. The number of ether oxygens (including phenoxy) is 3. The number of rotatable bonds is 5. The largest absolute Gasteiger partial charge is 0.493 e.